The van der Waals surface area contributed by atoms with Gasteiger partial charge in [-0.1, -0.05) is 11.6 Å². The highest BCUT2D eigenvalue weighted by Gasteiger charge is 2.35. The highest BCUT2D eigenvalue weighted by atomic mass is 35.5. The van der Waals surface area contributed by atoms with Crippen LogP contribution in [0, 0.1) is 10.1 Å². The Morgan fingerprint density at radius 3 is 2.39 bits per heavy atom. The average molecular weight is 293 g/mol. The third-order valence-electron chi connectivity index (χ3n) is 1.60. The number of pyridine rings is 1. The van der Waals surface area contributed by atoms with E-state index in [0.717, 1.165) is 0 Å². The first-order valence-corrected chi connectivity index (χ1v) is 4.38. The molecular weight excluding hydrogens is 291 g/mol. The molecule has 1 heterocycles. The number of nitro groups is 1. The molecule has 0 aromatic carbocycles. The third kappa shape index (κ3) is 3.39. The normalized spacial score (nSPS) is 11.7. The molecule has 0 aliphatic rings. The lowest BCUT2D eigenvalue weighted by molar-refractivity contribution is -0.386. The van der Waals surface area contributed by atoms with Crippen molar-refractivity contribution in [1.82, 2.24) is 4.98 Å². The van der Waals surface area contributed by atoms with E-state index in [2.05, 4.69) is 9.72 Å². The van der Waals surface area contributed by atoms with Gasteiger partial charge in [-0.2, -0.15) is 0 Å². The fraction of sp³-hybridized carbons (Fsp3) is 0.286. The minimum absolute atomic E-state index is 0.126. The summed E-state index contributed by atoms with van der Waals surface area (Å²) in [5.41, 5.74) is -2.57. The van der Waals surface area contributed by atoms with Crippen LogP contribution < -0.4 is 4.74 Å². The molecule has 1 aromatic heterocycles. The van der Waals surface area contributed by atoms with Crippen molar-refractivity contribution >= 4 is 17.3 Å². The second-order valence-corrected chi connectivity index (χ2v) is 3.15. The number of hydrogen-bond acceptors (Lipinski definition) is 4. The molecule has 0 N–H and O–H groups in total. The lowest BCUT2D eigenvalue weighted by Gasteiger charge is -2.10. The van der Waals surface area contributed by atoms with Crippen LogP contribution in [0.3, 0.4) is 0 Å². The minimum atomic E-state index is -5.17. The van der Waals surface area contributed by atoms with E-state index >= 15 is 0 Å². The average Bonchev–Trinajstić information content (AvgIpc) is 2.12. The third-order valence-corrected chi connectivity index (χ3v) is 1.89. The van der Waals surface area contributed by atoms with Gasteiger partial charge < -0.3 is 4.74 Å². The summed E-state index contributed by atoms with van der Waals surface area (Å²) in [5, 5.41) is 9.32. The van der Waals surface area contributed by atoms with Crippen LogP contribution in [0.4, 0.5) is 27.6 Å². The van der Waals surface area contributed by atoms with Crippen LogP contribution in [0.2, 0.25) is 5.15 Å². The molecule has 0 aliphatic heterocycles. The summed E-state index contributed by atoms with van der Waals surface area (Å²) >= 11 is 5.16. The lowest BCUT2D eigenvalue weighted by atomic mass is 10.2. The van der Waals surface area contributed by atoms with Crippen molar-refractivity contribution in [3.8, 4) is 5.88 Å². The van der Waals surface area contributed by atoms with Crippen LogP contribution in [0.15, 0.2) is 6.07 Å². The maximum Gasteiger partial charge on any atom is 0.574 e. The fourth-order valence-corrected chi connectivity index (χ4v) is 1.28. The Morgan fingerprint density at radius 1 is 1.44 bits per heavy atom. The predicted molar refractivity (Wildman–Crippen MR) is 47.5 cm³/mol. The molecular formula is C7H2ClF5N2O3. The zero-order valence-electron chi connectivity index (χ0n) is 8.04. The Kier molecular flexibility index (Phi) is 3.89. The highest BCUT2D eigenvalue weighted by Crippen LogP contribution is 2.37. The Balaban J connectivity index is 3.32. The molecule has 11 heteroatoms. The van der Waals surface area contributed by atoms with Gasteiger partial charge in [0.05, 0.1) is 11.0 Å². The van der Waals surface area contributed by atoms with Gasteiger partial charge in [0.2, 0.25) is 5.88 Å². The van der Waals surface area contributed by atoms with E-state index in [1.165, 1.54) is 0 Å². The van der Waals surface area contributed by atoms with Gasteiger partial charge in [-0.25, -0.2) is 13.8 Å². The molecule has 18 heavy (non-hydrogen) atoms. The van der Waals surface area contributed by atoms with Crippen molar-refractivity contribution in [3.63, 3.8) is 0 Å². The molecule has 0 fully saturated rings. The second kappa shape index (κ2) is 4.88. The quantitative estimate of drug-likeness (QED) is 0.370. The highest BCUT2D eigenvalue weighted by molar-refractivity contribution is 6.30. The van der Waals surface area contributed by atoms with Crippen LogP contribution in [0.25, 0.3) is 0 Å². The largest absolute Gasteiger partial charge is 0.574 e. The van der Waals surface area contributed by atoms with Gasteiger partial charge in [-0.15, -0.1) is 13.2 Å². The Labute approximate surface area is 100 Å². The molecule has 0 spiro atoms. The molecule has 0 bridgehead atoms. The number of nitrogens with zero attached hydrogens (tertiary/aromatic N) is 2. The fourth-order valence-electron chi connectivity index (χ4n) is 1.01. The molecule has 0 saturated carbocycles. The summed E-state index contributed by atoms with van der Waals surface area (Å²) in [4.78, 5) is 12.0. The number of ether oxygens (including phenoxy) is 1. The first-order valence-electron chi connectivity index (χ1n) is 4.00. The van der Waals surface area contributed by atoms with Crippen molar-refractivity contribution in [2.45, 2.75) is 12.8 Å². The molecule has 0 saturated heterocycles. The van der Waals surface area contributed by atoms with Gasteiger partial charge >= 0.3 is 6.36 Å². The summed E-state index contributed by atoms with van der Waals surface area (Å²) in [6.07, 6.45) is -8.53. The Bertz CT molecular complexity index is 479. The summed E-state index contributed by atoms with van der Waals surface area (Å²) in [6, 6.07) is 0.126. The zero-order chi connectivity index (χ0) is 14.1. The van der Waals surface area contributed by atoms with E-state index in [1.807, 2.05) is 0 Å². The van der Waals surface area contributed by atoms with Gasteiger partial charge in [0.1, 0.15) is 10.7 Å². The standard InChI is InChI=1S/C7H2ClF5N2O3/c8-5-4(6(9)10)2(15(16)17)1-3(14-5)18-7(11,12)13/h1,6H. The van der Waals surface area contributed by atoms with E-state index in [0.29, 0.717) is 0 Å². The summed E-state index contributed by atoms with van der Waals surface area (Å²) < 4.78 is 63.6. The van der Waals surface area contributed by atoms with Crippen molar-refractivity contribution in [2.24, 2.45) is 0 Å². The van der Waals surface area contributed by atoms with Gasteiger partial charge in [-0.05, 0) is 0 Å². The van der Waals surface area contributed by atoms with Gasteiger partial charge in [0.15, 0.2) is 0 Å². The SMILES string of the molecule is O=[N+]([O-])c1cc(OC(F)(F)F)nc(Cl)c1C(F)F. The van der Waals surface area contributed by atoms with E-state index in [9.17, 15) is 32.1 Å². The van der Waals surface area contributed by atoms with Crippen LogP contribution in [0.5, 0.6) is 5.88 Å². The van der Waals surface area contributed by atoms with Crippen molar-refractivity contribution in [3.05, 3.63) is 26.9 Å². The van der Waals surface area contributed by atoms with Crippen LogP contribution in [-0.2, 0) is 0 Å². The number of alkyl halides is 5. The summed E-state index contributed by atoms with van der Waals surface area (Å²) in [5.74, 6) is -1.29. The van der Waals surface area contributed by atoms with Crippen molar-refractivity contribution in [2.75, 3.05) is 0 Å². The molecule has 0 amide bonds. The molecule has 100 valence electrons. The number of rotatable bonds is 3. The monoisotopic (exact) mass is 292 g/mol. The topological polar surface area (TPSA) is 65.3 Å². The van der Waals surface area contributed by atoms with Crippen LogP contribution in [0.1, 0.15) is 12.0 Å². The first kappa shape index (κ1) is 14.4. The van der Waals surface area contributed by atoms with E-state index in [4.69, 9.17) is 11.6 Å². The van der Waals surface area contributed by atoms with E-state index in [1.54, 1.807) is 0 Å². The second-order valence-electron chi connectivity index (χ2n) is 2.79. The van der Waals surface area contributed by atoms with Crippen LogP contribution >= 0.6 is 11.6 Å². The van der Waals surface area contributed by atoms with Gasteiger partial charge in [-0.3, -0.25) is 10.1 Å². The maximum atomic E-state index is 12.4. The predicted octanol–water partition coefficient (Wildman–Crippen LogP) is 3.48. The molecule has 1 rings (SSSR count). The Hall–Kier alpha value is -1.71. The Morgan fingerprint density at radius 2 is 2.00 bits per heavy atom. The molecule has 0 unspecified atom stereocenters. The number of aromatic nitrogens is 1. The lowest BCUT2D eigenvalue weighted by Crippen LogP contribution is -2.18. The van der Waals surface area contributed by atoms with Crippen LogP contribution in [-0.4, -0.2) is 16.3 Å². The first-order chi connectivity index (χ1) is 8.11. The number of hydrogen-bond donors (Lipinski definition) is 0. The van der Waals surface area contributed by atoms with E-state index in [-0.39, 0.29) is 6.07 Å². The van der Waals surface area contributed by atoms with Gasteiger partial charge in [0, 0.05) is 0 Å². The number of halogens is 6. The molecule has 1 aromatic rings. The van der Waals surface area contributed by atoms with E-state index < -0.39 is 40.0 Å². The van der Waals surface area contributed by atoms with Gasteiger partial charge in [0.25, 0.3) is 12.1 Å². The minimum Gasteiger partial charge on any atom is -0.388 e. The van der Waals surface area contributed by atoms with Crippen molar-refractivity contribution in [1.29, 1.82) is 0 Å². The zero-order valence-corrected chi connectivity index (χ0v) is 8.80. The summed E-state index contributed by atoms with van der Waals surface area (Å²) in [7, 11) is 0. The van der Waals surface area contributed by atoms with Crippen molar-refractivity contribution < 1.29 is 31.6 Å². The maximum absolute atomic E-state index is 12.4. The smallest absolute Gasteiger partial charge is 0.388 e. The summed E-state index contributed by atoms with van der Waals surface area (Å²) in [6.45, 7) is 0. The molecule has 0 radical (unpaired) electrons. The molecule has 0 aliphatic carbocycles. The molecule has 5 nitrogen and oxygen atoms in total. The molecule has 0 atom stereocenters.